The predicted octanol–water partition coefficient (Wildman–Crippen LogP) is -0.111. The van der Waals surface area contributed by atoms with Gasteiger partial charge in [-0.3, -0.25) is 14.7 Å². The molecule has 88 valence electrons. The van der Waals surface area contributed by atoms with Crippen molar-refractivity contribution in [3.8, 4) is 0 Å². The van der Waals surface area contributed by atoms with Gasteiger partial charge in [-0.1, -0.05) is 13.0 Å². The fourth-order valence-electron chi connectivity index (χ4n) is 1.71. The Kier molecular flexibility index (Phi) is 4.88. The smallest absolute Gasteiger partial charge is 0.231 e. The molecule has 4 N–H and O–H groups in total. The van der Waals surface area contributed by atoms with Gasteiger partial charge in [0.1, 0.15) is 0 Å². The van der Waals surface area contributed by atoms with Gasteiger partial charge in [-0.25, -0.2) is 0 Å². The second-order valence-corrected chi connectivity index (χ2v) is 3.57. The summed E-state index contributed by atoms with van der Waals surface area (Å²) in [5.74, 6) is -0.343. The fraction of sp³-hybridized carbons (Fsp3) is 0.455. The Bertz CT molecular complexity index is 328. The van der Waals surface area contributed by atoms with Gasteiger partial charge in [-0.15, -0.1) is 0 Å². The zero-order valence-electron chi connectivity index (χ0n) is 9.47. The minimum Gasteiger partial charge on any atom is -0.369 e. The van der Waals surface area contributed by atoms with E-state index >= 15 is 0 Å². The molecule has 5 heteroatoms. The van der Waals surface area contributed by atoms with Crippen LogP contribution < -0.4 is 11.5 Å². The maximum atomic E-state index is 10.9. The molecule has 1 aromatic heterocycles. The molecule has 1 heterocycles. The van der Waals surface area contributed by atoms with Gasteiger partial charge in [-0.2, -0.15) is 0 Å². The molecule has 0 spiro atoms. The van der Waals surface area contributed by atoms with Crippen LogP contribution in [0.15, 0.2) is 24.5 Å². The van der Waals surface area contributed by atoms with Gasteiger partial charge in [0.2, 0.25) is 5.91 Å². The van der Waals surface area contributed by atoms with Crippen LogP contribution in [-0.4, -0.2) is 35.4 Å². The van der Waals surface area contributed by atoms with Crippen LogP contribution in [-0.2, 0) is 4.79 Å². The number of carbonyl (C=O) groups excluding carboxylic acids is 1. The third kappa shape index (κ3) is 3.29. The number of carbonyl (C=O) groups is 1. The molecule has 0 aliphatic carbocycles. The summed E-state index contributed by atoms with van der Waals surface area (Å²) in [5.41, 5.74) is 11.9. The van der Waals surface area contributed by atoms with Gasteiger partial charge in [-0.05, 0) is 18.2 Å². The zero-order valence-corrected chi connectivity index (χ0v) is 9.47. The highest BCUT2D eigenvalue weighted by Gasteiger charge is 2.18. The standard InChI is InChI=1S/C11H18N4O/c1-2-15(8-11(13)16)10(6-12)9-4-3-5-14-7-9/h3-5,7,10H,2,6,8,12H2,1H3,(H2,13,16). The van der Waals surface area contributed by atoms with Crippen molar-refractivity contribution in [2.45, 2.75) is 13.0 Å². The Labute approximate surface area is 95.4 Å². The lowest BCUT2D eigenvalue weighted by Crippen LogP contribution is -2.39. The topological polar surface area (TPSA) is 85.2 Å². The molecule has 1 aromatic rings. The van der Waals surface area contributed by atoms with Crippen LogP contribution in [0.25, 0.3) is 0 Å². The molecular formula is C11H18N4O. The Balaban J connectivity index is 2.83. The molecule has 5 nitrogen and oxygen atoms in total. The largest absolute Gasteiger partial charge is 0.369 e. The van der Waals surface area contributed by atoms with Crippen LogP contribution >= 0.6 is 0 Å². The second kappa shape index (κ2) is 6.19. The van der Waals surface area contributed by atoms with Crippen molar-refractivity contribution in [3.63, 3.8) is 0 Å². The van der Waals surface area contributed by atoms with Crippen molar-refractivity contribution in [1.29, 1.82) is 0 Å². The zero-order chi connectivity index (χ0) is 12.0. The summed E-state index contributed by atoms with van der Waals surface area (Å²) in [7, 11) is 0. The van der Waals surface area contributed by atoms with Crippen LogP contribution in [0.1, 0.15) is 18.5 Å². The average molecular weight is 222 g/mol. The van der Waals surface area contributed by atoms with Gasteiger partial charge in [0.15, 0.2) is 0 Å². The van der Waals surface area contributed by atoms with E-state index in [1.54, 1.807) is 12.4 Å². The average Bonchev–Trinajstić information content (AvgIpc) is 2.29. The van der Waals surface area contributed by atoms with Gasteiger partial charge in [0, 0.05) is 25.0 Å². The number of hydrogen-bond donors (Lipinski definition) is 2. The third-order valence-electron chi connectivity index (χ3n) is 2.50. The highest BCUT2D eigenvalue weighted by molar-refractivity contribution is 5.76. The SMILES string of the molecule is CCN(CC(N)=O)C(CN)c1cccnc1. The summed E-state index contributed by atoms with van der Waals surface area (Å²) in [5, 5.41) is 0. The molecule has 0 saturated carbocycles. The minimum atomic E-state index is -0.343. The molecule has 0 aromatic carbocycles. The lowest BCUT2D eigenvalue weighted by atomic mass is 10.1. The summed E-state index contributed by atoms with van der Waals surface area (Å²) in [6.45, 7) is 3.35. The highest BCUT2D eigenvalue weighted by atomic mass is 16.1. The van der Waals surface area contributed by atoms with Gasteiger partial charge < -0.3 is 11.5 Å². The molecule has 0 radical (unpaired) electrons. The molecule has 1 atom stereocenters. The van der Waals surface area contributed by atoms with Crippen LogP contribution in [0, 0.1) is 0 Å². The first-order chi connectivity index (χ1) is 7.69. The molecule has 1 amide bonds. The Morgan fingerprint density at radius 2 is 2.38 bits per heavy atom. The van der Waals surface area contributed by atoms with E-state index in [1.807, 2.05) is 24.0 Å². The summed E-state index contributed by atoms with van der Waals surface area (Å²) in [6, 6.07) is 3.80. The number of likely N-dealkylation sites (N-methyl/N-ethyl adjacent to an activating group) is 1. The highest BCUT2D eigenvalue weighted by Crippen LogP contribution is 2.17. The number of primary amides is 1. The second-order valence-electron chi connectivity index (χ2n) is 3.57. The number of nitrogens with two attached hydrogens (primary N) is 2. The normalized spacial score (nSPS) is 12.7. The van der Waals surface area contributed by atoms with E-state index in [-0.39, 0.29) is 18.5 Å². The predicted molar refractivity (Wildman–Crippen MR) is 62.5 cm³/mol. The van der Waals surface area contributed by atoms with E-state index in [1.165, 1.54) is 0 Å². The summed E-state index contributed by atoms with van der Waals surface area (Å²) in [4.78, 5) is 16.9. The summed E-state index contributed by atoms with van der Waals surface area (Å²) in [6.07, 6.45) is 3.47. The first-order valence-electron chi connectivity index (χ1n) is 5.31. The van der Waals surface area contributed by atoms with Crippen LogP contribution in [0.2, 0.25) is 0 Å². The molecule has 0 saturated heterocycles. The number of rotatable bonds is 6. The number of nitrogens with zero attached hydrogens (tertiary/aromatic N) is 2. The number of hydrogen-bond acceptors (Lipinski definition) is 4. The Morgan fingerprint density at radius 3 is 2.81 bits per heavy atom. The summed E-state index contributed by atoms with van der Waals surface area (Å²) < 4.78 is 0. The maximum Gasteiger partial charge on any atom is 0.231 e. The quantitative estimate of drug-likeness (QED) is 0.703. The van der Waals surface area contributed by atoms with Crippen molar-refractivity contribution < 1.29 is 4.79 Å². The van der Waals surface area contributed by atoms with Crippen molar-refractivity contribution in [3.05, 3.63) is 30.1 Å². The number of aromatic nitrogens is 1. The van der Waals surface area contributed by atoms with E-state index in [9.17, 15) is 4.79 Å². The monoisotopic (exact) mass is 222 g/mol. The van der Waals surface area contributed by atoms with Crippen molar-refractivity contribution >= 4 is 5.91 Å². The first-order valence-corrected chi connectivity index (χ1v) is 5.31. The van der Waals surface area contributed by atoms with Crippen molar-refractivity contribution in [2.75, 3.05) is 19.6 Å². The number of amides is 1. The van der Waals surface area contributed by atoms with E-state index in [4.69, 9.17) is 11.5 Å². The molecule has 0 aliphatic heterocycles. The van der Waals surface area contributed by atoms with Gasteiger partial charge >= 0.3 is 0 Å². The van der Waals surface area contributed by atoms with Crippen molar-refractivity contribution in [1.82, 2.24) is 9.88 Å². The van der Waals surface area contributed by atoms with Gasteiger partial charge in [0.05, 0.1) is 6.54 Å². The summed E-state index contributed by atoms with van der Waals surface area (Å²) >= 11 is 0. The number of pyridine rings is 1. The molecule has 1 rings (SSSR count). The van der Waals surface area contributed by atoms with Crippen LogP contribution in [0.5, 0.6) is 0 Å². The van der Waals surface area contributed by atoms with E-state index in [0.717, 1.165) is 12.1 Å². The molecule has 0 bridgehead atoms. The lowest BCUT2D eigenvalue weighted by molar-refractivity contribution is -0.119. The molecule has 0 fully saturated rings. The Hall–Kier alpha value is -1.46. The van der Waals surface area contributed by atoms with Crippen LogP contribution in [0.4, 0.5) is 0 Å². The van der Waals surface area contributed by atoms with Crippen LogP contribution in [0.3, 0.4) is 0 Å². The van der Waals surface area contributed by atoms with E-state index in [2.05, 4.69) is 4.98 Å². The van der Waals surface area contributed by atoms with Crippen molar-refractivity contribution in [2.24, 2.45) is 11.5 Å². The maximum absolute atomic E-state index is 10.9. The van der Waals surface area contributed by atoms with Gasteiger partial charge in [0.25, 0.3) is 0 Å². The van der Waals surface area contributed by atoms with E-state index < -0.39 is 0 Å². The fourth-order valence-corrected chi connectivity index (χ4v) is 1.71. The minimum absolute atomic E-state index is 0.00815. The molecule has 1 unspecified atom stereocenters. The molecule has 16 heavy (non-hydrogen) atoms. The third-order valence-corrected chi connectivity index (χ3v) is 2.50. The lowest BCUT2D eigenvalue weighted by Gasteiger charge is -2.28. The molecule has 0 aliphatic rings. The molecular weight excluding hydrogens is 204 g/mol. The first kappa shape index (κ1) is 12.6. The Morgan fingerprint density at radius 1 is 1.62 bits per heavy atom. The van der Waals surface area contributed by atoms with E-state index in [0.29, 0.717) is 6.54 Å².